The summed E-state index contributed by atoms with van der Waals surface area (Å²) in [7, 11) is 0. The minimum Gasteiger partial charge on any atom is -0.481 e. The first-order valence-corrected chi connectivity index (χ1v) is 13.3. The van der Waals surface area contributed by atoms with Crippen LogP contribution in [0, 0.1) is 10.1 Å². The highest BCUT2D eigenvalue weighted by molar-refractivity contribution is 9.10. The molecule has 0 spiro atoms. The average Bonchev–Trinajstić information content (AvgIpc) is 2.96. The Morgan fingerprint density at radius 2 is 1.79 bits per heavy atom. The molecule has 42 heavy (non-hydrogen) atoms. The van der Waals surface area contributed by atoms with E-state index in [0.29, 0.717) is 15.1 Å². The SMILES string of the molecule is O=c1c2ccccc2nc(-c2cccc(C(F)(F)F)c2)n1N=Cc1cc(Br)cc([N+](=O)[O-])c1OCc1ccc(Cl)cc1. The van der Waals surface area contributed by atoms with Crippen LogP contribution in [0.15, 0.2) is 99.3 Å². The van der Waals surface area contributed by atoms with Crippen LogP contribution >= 0.6 is 27.5 Å². The fourth-order valence-corrected chi connectivity index (χ4v) is 4.69. The number of alkyl halides is 3. The maximum Gasteiger partial charge on any atom is 0.416 e. The van der Waals surface area contributed by atoms with Crippen LogP contribution in [-0.2, 0) is 12.8 Å². The van der Waals surface area contributed by atoms with E-state index in [1.54, 1.807) is 42.5 Å². The van der Waals surface area contributed by atoms with Crippen LogP contribution in [0.4, 0.5) is 18.9 Å². The Hall–Kier alpha value is -4.55. The lowest BCUT2D eigenvalue weighted by Gasteiger charge is -2.13. The number of hydrogen-bond acceptors (Lipinski definition) is 6. The summed E-state index contributed by atoms with van der Waals surface area (Å²) in [6.07, 6.45) is -3.48. The minimum absolute atomic E-state index is 0.00994. The lowest BCUT2D eigenvalue weighted by Crippen LogP contribution is -2.20. The molecule has 0 N–H and O–H groups in total. The van der Waals surface area contributed by atoms with Crippen LogP contribution < -0.4 is 10.3 Å². The van der Waals surface area contributed by atoms with E-state index in [1.165, 1.54) is 30.3 Å². The number of aromatic nitrogens is 2. The Bertz CT molecular complexity index is 1910. The molecular weight excluding hydrogens is 641 g/mol. The zero-order chi connectivity index (χ0) is 30.0. The van der Waals surface area contributed by atoms with Gasteiger partial charge < -0.3 is 4.74 Å². The quantitative estimate of drug-likeness (QED) is 0.101. The summed E-state index contributed by atoms with van der Waals surface area (Å²) in [5.41, 5.74) is -0.908. The predicted molar refractivity (Wildman–Crippen MR) is 156 cm³/mol. The van der Waals surface area contributed by atoms with Gasteiger partial charge in [-0.25, -0.2) is 4.98 Å². The van der Waals surface area contributed by atoms with E-state index >= 15 is 0 Å². The highest BCUT2D eigenvalue weighted by Gasteiger charge is 2.31. The topological polar surface area (TPSA) is 99.6 Å². The Kier molecular flexibility index (Phi) is 8.10. The van der Waals surface area contributed by atoms with E-state index in [0.717, 1.165) is 23.0 Å². The number of nitro benzene ring substituents is 1. The molecule has 0 aliphatic carbocycles. The Morgan fingerprint density at radius 3 is 2.50 bits per heavy atom. The molecule has 0 saturated carbocycles. The fraction of sp³-hybridized carbons (Fsp3) is 0.0690. The molecule has 13 heteroatoms. The number of ether oxygens (including phenoxy) is 1. The highest BCUT2D eigenvalue weighted by Crippen LogP contribution is 2.35. The second-order valence-corrected chi connectivity index (χ2v) is 10.3. The maximum absolute atomic E-state index is 13.5. The van der Waals surface area contributed by atoms with Gasteiger partial charge in [0, 0.05) is 26.7 Å². The monoisotopic (exact) mass is 656 g/mol. The van der Waals surface area contributed by atoms with Crippen molar-refractivity contribution >= 4 is 50.3 Å². The third-order valence-corrected chi connectivity index (χ3v) is 6.78. The number of hydrogen-bond donors (Lipinski definition) is 0. The predicted octanol–water partition coefficient (Wildman–Crippen LogP) is 7.87. The van der Waals surface area contributed by atoms with Gasteiger partial charge in [-0.1, -0.05) is 63.9 Å². The molecule has 0 atom stereocenters. The van der Waals surface area contributed by atoms with Crippen molar-refractivity contribution in [2.75, 3.05) is 0 Å². The van der Waals surface area contributed by atoms with Gasteiger partial charge in [-0.3, -0.25) is 14.9 Å². The summed E-state index contributed by atoms with van der Waals surface area (Å²) < 4.78 is 47.5. The molecule has 0 radical (unpaired) electrons. The van der Waals surface area contributed by atoms with Crippen molar-refractivity contribution in [3.8, 4) is 17.1 Å². The van der Waals surface area contributed by atoms with Gasteiger partial charge in [0.15, 0.2) is 5.82 Å². The molecule has 0 aliphatic heterocycles. The van der Waals surface area contributed by atoms with Crippen LogP contribution in [0.3, 0.4) is 0 Å². The van der Waals surface area contributed by atoms with Crippen LogP contribution in [-0.4, -0.2) is 20.8 Å². The Labute approximate surface area is 248 Å². The van der Waals surface area contributed by atoms with E-state index in [-0.39, 0.29) is 45.9 Å². The molecule has 0 unspecified atom stereocenters. The van der Waals surface area contributed by atoms with Crippen molar-refractivity contribution in [3.63, 3.8) is 0 Å². The first kappa shape index (κ1) is 29.0. The Morgan fingerprint density at radius 1 is 1.05 bits per heavy atom. The number of nitrogens with zero attached hydrogens (tertiary/aromatic N) is 4. The first-order valence-electron chi connectivity index (χ1n) is 12.1. The number of benzene rings is 4. The average molecular weight is 658 g/mol. The number of fused-ring (bicyclic) bond motifs is 1. The molecule has 4 aromatic carbocycles. The summed E-state index contributed by atoms with van der Waals surface area (Å²) in [4.78, 5) is 29.2. The van der Waals surface area contributed by atoms with Gasteiger partial charge >= 0.3 is 11.9 Å². The van der Waals surface area contributed by atoms with Crippen molar-refractivity contribution < 1.29 is 22.8 Å². The smallest absolute Gasteiger partial charge is 0.416 e. The number of halogens is 5. The minimum atomic E-state index is -4.63. The van der Waals surface area contributed by atoms with Crippen molar-refractivity contribution in [3.05, 3.63) is 132 Å². The van der Waals surface area contributed by atoms with Gasteiger partial charge in [-0.05, 0) is 48.0 Å². The third kappa shape index (κ3) is 6.19. The molecule has 0 bridgehead atoms. The number of para-hydroxylation sites is 1. The first-order chi connectivity index (χ1) is 20.0. The van der Waals surface area contributed by atoms with Gasteiger partial charge in [-0.15, -0.1) is 0 Å². The zero-order valence-electron chi connectivity index (χ0n) is 21.2. The maximum atomic E-state index is 13.5. The number of rotatable bonds is 7. The van der Waals surface area contributed by atoms with Gasteiger partial charge in [0.25, 0.3) is 5.56 Å². The second-order valence-electron chi connectivity index (χ2n) is 8.91. The molecule has 1 aromatic heterocycles. The fourth-order valence-electron chi connectivity index (χ4n) is 4.10. The molecule has 5 rings (SSSR count). The molecular formula is C29H17BrClF3N4O4. The normalized spacial score (nSPS) is 11.7. The molecule has 0 saturated heterocycles. The summed E-state index contributed by atoms with van der Waals surface area (Å²) in [5, 5.41) is 16.8. The summed E-state index contributed by atoms with van der Waals surface area (Å²) >= 11 is 9.18. The standard InChI is InChI=1S/C29H17BrClF3N4O4/c30-21-13-19(26(25(14-21)38(40)41)42-16-17-8-10-22(31)11-9-17)15-35-37-27(18-4-3-5-20(12-18)29(32,33)34)36-24-7-2-1-6-23(24)28(37)39/h1-15H,16H2. The van der Waals surface area contributed by atoms with E-state index in [9.17, 15) is 28.1 Å². The Balaban J connectivity index is 1.66. The van der Waals surface area contributed by atoms with Crippen LogP contribution in [0.1, 0.15) is 16.7 Å². The van der Waals surface area contributed by atoms with Gasteiger partial charge in [-0.2, -0.15) is 22.9 Å². The summed E-state index contributed by atoms with van der Waals surface area (Å²) in [5.74, 6) is -0.293. The van der Waals surface area contributed by atoms with E-state index in [2.05, 4.69) is 26.0 Å². The van der Waals surface area contributed by atoms with Gasteiger partial charge in [0.2, 0.25) is 5.75 Å². The van der Waals surface area contributed by atoms with Crippen molar-refractivity contribution in [2.24, 2.45) is 5.10 Å². The summed E-state index contributed by atoms with van der Waals surface area (Å²) in [6, 6.07) is 20.1. The third-order valence-electron chi connectivity index (χ3n) is 6.07. The van der Waals surface area contributed by atoms with Crippen LogP contribution in [0.25, 0.3) is 22.3 Å². The molecule has 5 aromatic rings. The molecule has 1 heterocycles. The number of nitro groups is 1. The van der Waals surface area contributed by atoms with E-state index in [1.807, 2.05) is 0 Å². The summed E-state index contributed by atoms with van der Waals surface area (Å²) in [6.45, 7) is -0.0482. The molecule has 8 nitrogen and oxygen atoms in total. The van der Waals surface area contributed by atoms with E-state index in [4.69, 9.17) is 16.3 Å². The zero-order valence-corrected chi connectivity index (χ0v) is 23.5. The van der Waals surface area contributed by atoms with Crippen molar-refractivity contribution in [1.82, 2.24) is 9.66 Å². The van der Waals surface area contributed by atoms with Crippen LogP contribution in [0.5, 0.6) is 5.75 Å². The van der Waals surface area contributed by atoms with Crippen molar-refractivity contribution in [1.29, 1.82) is 0 Å². The van der Waals surface area contributed by atoms with E-state index < -0.39 is 22.2 Å². The molecule has 0 fully saturated rings. The molecule has 212 valence electrons. The molecule has 0 aliphatic rings. The van der Waals surface area contributed by atoms with Crippen LogP contribution in [0.2, 0.25) is 5.02 Å². The van der Waals surface area contributed by atoms with Crippen molar-refractivity contribution in [2.45, 2.75) is 12.8 Å². The largest absolute Gasteiger partial charge is 0.481 e. The second kappa shape index (κ2) is 11.7. The van der Waals surface area contributed by atoms with Gasteiger partial charge in [0.05, 0.1) is 27.6 Å². The van der Waals surface area contributed by atoms with Gasteiger partial charge in [0.1, 0.15) is 6.61 Å². The molecule has 0 amide bonds. The highest BCUT2D eigenvalue weighted by atomic mass is 79.9. The lowest BCUT2D eigenvalue weighted by molar-refractivity contribution is -0.386. The lowest BCUT2D eigenvalue weighted by atomic mass is 10.1.